The normalized spacial score (nSPS) is 12.3. The number of benzene rings is 1. The first-order chi connectivity index (χ1) is 8.57. The summed E-state index contributed by atoms with van der Waals surface area (Å²) in [6.07, 6.45) is 1.96. The molecule has 2 rings (SSSR count). The number of rotatable bonds is 4. The molecule has 98 valence electrons. The van der Waals surface area contributed by atoms with E-state index in [4.69, 9.17) is 22.3 Å². The molecule has 0 fully saturated rings. The molecular weight excluding hydrogens is 246 g/mol. The number of aromatic nitrogens is 2. The van der Waals surface area contributed by atoms with Crippen molar-refractivity contribution >= 4 is 22.6 Å². The highest BCUT2D eigenvalue weighted by molar-refractivity contribution is 6.32. The Morgan fingerprint density at radius 3 is 2.56 bits per heavy atom. The average molecular weight is 266 g/mol. The van der Waals surface area contributed by atoms with Crippen LogP contribution < -0.4 is 5.73 Å². The number of nitrogens with zero attached hydrogens (tertiary/aromatic N) is 1. The molecule has 0 unspecified atom stereocenters. The molecule has 2 aromatic rings. The molecule has 0 saturated heterocycles. The van der Waals surface area contributed by atoms with Gasteiger partial charge in [-0.3, -0.25) is 0 Å². The summed E-state index contributed by atoms with van der Waals surface area (Å²) < 4.78 is 0. The van der Waals surface area contributed by atoms with Gasteiger partial charge in [-0.15, -0.1) is 0 Å². The third kappa shape index (κ3) is 1.91. The van der Waals surface area contributed by atoms with Gasteiger partial charge in [0.1, 0.15) is 5.82 Å². The summed E-state index contributed by atoms with van der Waals surface area (Å²) >= 11 is 6.13. The highest BCUT2D eigenvalue weighted by atomic mass is 35.5. The van der Waals surface area contributed by atoms with Crippen molar-refractivity contribution in [1.82, 2.24) is 9.97 Å². The van der Waals surface area contributed by atoms with Gasteiger partial charge in [-0.05, 0) is 37.5 Å². The minimum Gasteiger partial charge on any atom is -0.341 e. The van der Waals surface area contributed by atoms with Gasteiger partial charge < -0.3 is 10.7 Å². The second-order valence-corrected chi connectivity index (χ2v) is 5.25. The van der Waals surface area contributed by atoms with Crippen LogP contribution in [0.4, 0.5) is 0 Å². The van der Waals surface area contributed by atoms with Crippen LogP contribution in [0, 0.1) is 6.92 Å². The van der Waals surface area contributed by atoms with E-state index in [1.807, 2.05) is 19.1 Å². The van der Waals surface area contributed by atoms with Crippen LogP contribution in [-0.4, -0.2) is 16.5 Å². The van der Waals surface area contributed by atoms with Crippen molar-refractivity contribution < 1.29 is 0 Å². The fraction of sp³-hybridized carbons (Fsp3) is 0.500. The molecule has 0 atom stereocenters. The van der Waals surface area contributed by atoms with Crippen molar-refractivity contribution in [1.29, 1.82) is 0 Å². The molecule has 0 aliphatic heterocycles. The molecule has 18 heavy (non-hydrogen) atoms. The van der Waals surface area contributed by atoms with Gasteiger partial charge in [-0.25, -0.2) is 4.98 Å². The standard InChI is InChI=1S/C14H20ClN3/c1-4-14(5-2,8-16)13-17-11-7-6-10(15)9(3)12(11)18-13/h6-7H,4-5,8,16H2,1-3H3,(H,17,18). The van der Waals surface area contributed by atoms with E-state index in [1.165, 1.54) is 0 Å². The van der Waals surface area contributed by atoms with Crippen LogP contribution in [0.25, 0.3) is 11.0 Å². The first kappa shape index (κ1) is 13.4. The lowest BCUT2D eigenvalue weighted by Gasteiger charge is -2.27. The van der Waals surface area contributed by atoms with Crippen molar-refractivity contribution in [3.8, 4) is 0 Å². The molecule has 3 N–H and O–H groups in total. The maximum atomic E-state index is 6.13. The fourth-order valence-electron chi connectivity index (χ4n) is 2.41. The van der Waals surface area contributed by atoms with Gasteiger partial charge in [0.15, 0.2) is 0 Å². The van der Waals surface area contributed by atoms with E-state index in [1.54, 1.807) is 0 Å². The zero-order chi connectivity index (χ0) is 13.3. The summed E-state index contributed by atoms with van der Waals surface area (Å²) in [5.74, 6) is 0.982. The molecule has 1 aromatic carbocycles. The predicted octanol–water partition coefficient (Wildman–Crippen LogP) is 3.54. The second-order valence-electron chi connectivity index (χ2n) is 4.85. The Morgan fingerprint density at radius 1 is 1.33 bits per heavy atom. The third-order valence-electron chi connectivity index (χ3n) is 4.09. The molecule has 0 amide bonds. The van der Waals surface area contributed by atoms with Crippen molar-refractivity contribution in [2.45, 2.75) is 39.0 Å². The van der Waals surface area contributed by atoms with Gasteiger partial charge in [-0.1, -0.05) is 25.4 Å². The van der Waals surface area contributed by atoms with Crippen molar-refractivity contribution in [2.24, 2.45) is 5.73 Å². The molecule has 0 aliphatic rings. The van der Waals surface area contributed by atoms with Gasteiger partial charge in [-0.2, -0.15) is 0 Å². The molecule has 0 bridgehead atoms. The van der Waals surface area contributed by atoms with Gasteiger partial charge >= 0.3 is 0 Å². The van der Waals surface area contributed by atoms with Gasteiger partial charge in [0, 0.05) is 17.0 Å². The monoisotopic (exact) mass is 265 g/mol. The number of nitrogens with one attached hydrogen (secondary N) is 1. The highest BCUT2D eigenvalue weighted by Gasteiger charge is 2.30. The van der Waals surface area contributed by atoms with E-state index in [-0.39, 0.29) is 5.41 Å². The summed E-state index contributed by atoms with van der Waals surface area (Å²) in [5.41, 5.74) is 8.92. The molecule has 3 nitrogen and oxygen atoms in total. The van der Waals surface area contributed by atoms with E-state index < -0.39 is 0 Å². The lowest BCUT2D eigenvalue weighted by Crippen LogP contribution is -2.35. The lowest BCUT2D eigenvalue weighted by molar-refractivity contribution is 0.387. The molecule has 1 heterocycles. The SMILES string of the molecule is CCC(CC)(CN)c1nc2c(C)c(Cl)ccc2[nH]1. The molecule has 0 radical (unpaired) electrons. The zero-order valence-corrected chi connectivity index (χ0v) is 11.9. The van der Waals surface area contributed by atoms with Crippen molar-refractivity contribution in [2.75, 3.05) is 6.54 Å². The minimum absolute atomic E-state index is 0.0576. The summed E-state index contributed by atoms with van der Waals surface area (Å²) in [6, 6.07) is 3.89. The van der Waals surface area contributed by atoms with E-state index in [0.717, 1.165) is 40.3 Å². The van der Waals surface area contributed by atoms with Gasteiger partial charge in [0.2, 0.25) is 0 Å². The van der Waals surface area contributed by atoms with E-state index in [2.05, 4.69) is 18.8 Å². The fourth-order valence-corrected chi connectivity index (χ4v) is 2.56. The Hall–Kier alpha value is -1.06. The van der Waals surface area contributed by atoms with Gasteiger partial charge in [0.05, 0.1) is 11.0 Å². The molecule has 0 spiro atoms. The number of hydrogen-bond acceptors (Lipinski definition) is 2. The Kier molecular flexibility index (Phi) is 3.64. The van der Waals surface area contributed by atoms with Crippen molar-refractivity contribution in [3.05, 3.63) is 28.5 Å². The van der Waals surface area contributed by atoms with Crippen LogP contribution in [0.2, 0.25) is 5.02 Å². The summed E-state index contributed by atoms with van der Waals surface area (Å²) in [4.78, 5) is 8.15. The molecule has 0 saturated carbocycles. The second kappa shape index (κ2) is 4.90. The number of H-pyrrole nitrogens is 1. The summed E-state index contributed by atoms with van der Waals surface area (Å²) in [5, 5.41) is 0.756. The topological polar surface area (TPSA) is 54.7 Å². The summed E-state index contributed by atoms with van der Waals surface area (Å²) in [7, 11) is 0. The Labute approximate surface area is 113 Å². The Bertz CT molecular complexity index is 547. The van der Waals surface area contributed by atoms with Crippen LogP contribution in [0.1, 0.15) is 38.1 Å². The quantitative estimate of drug-likeness (QED) is 0.888. The van der Waals surface area contributed by atoms with Crippen LogP contribution in [0.5, 0.6) is 0 Å². The minimum atomic E-state index is -0.0576. The van der Waals surface area contributed by atoms with Gasteiger partial charge in [0.25, 0.3) is 0 Å². The molecule has 4 heteroatoms. The number of aryl methyl sites for hydroxylation is 1. The molecular formula is C14H20ClN3. The number of nitrogens with two attached hydrogens (primary N) is 1. The summed E-state index contributed by atoms with van der Waals surface area (Å²) in [6.45, 7) is 6.91. The first-order valence-corrected chi connectivity index (χ1v) is 6.81. The van der Waals surface area contributed by atoms with Crippen LogP contribution in [-0.2, 0) is 5.41 Å². The molecule has 0 aliphatic carbocycles. The highest BCUT2D eigenvalue weighted by Crippen LogP contribution is 2.32. The Balaban J connectivity index is 2.63. The predicted molar refractivity (Wildman–Crippen MR) is 77.2 cm³/mol. The van der Waals surface area contributed by atoms with Crippen LogP contribution in [0.3, 0.4) is 0 Å². The smallest absolute Gasteiger partial charge is 0.114 e. The number of hydrogen-bond donors (Lipinski definition) is 2. The third-order valence-corrected chi connectivity index (χ3v) is 4.50. The average Bonchev–Trinajstić information content (AvgIpc) is 2.82. The maximum Gasteiger partial charge on any atom is 0.114 e. The van der Waals surface area contributed by atoms with Crippen LogP contribution in [0.15, 0.2) is 12.1 Å². The van der Waals surface area contributed by atoms with Crippen LogP contribution >= 0.6 is 11.6 Å². The number of fused-ring (bicyclic) bond motifs is 1. The zero-order valence-electron chi connectivity index (χ0n) is 11.2. The number of imidazole rings is 1. The Morgan fingerprint density at radius 2 is 2.00 bits per heavy atom. The number of halogens is 1. The first-order valence-electron chi connectivity index (χ1n) is 6.43. The maximum absolute atomic E-state index is 6.13. The van der Waals surface area contributed by atoms with E-state index >= 15 is 0 Å². The van der Waals surface area contributed by atoms with E-state index in [9.17, 15) is 0 Å². The number of aromatic amines is 1. The van der Waals surface area contributed by atoms with E-state index in [0.29, 0.717) is 6.54 Å². The lowest BCUT2D eigenvalue weighted by atomic mass is 9.82. The largest absolute Gasteiger partial charge is 0.341 e. The van der Waals surface area contributed by atoms with Crippen molar-refractivity contribution in [3.63, 3.8) is 0 Å². The molecule has 1 aromatic heterocycles.